The number of carbonyl (C=O) groups excluding carboxylic acids is 1. The van der Waals surface area contributed by atoms with Gasteiger partial charge in [-0.1, -0.05) is 44.6 Å². The first-order valence-corrected chi connectivity index (χ1v) is 10.0. The summed E-state index contributed by atoms with van der Waals surface area (Å²) in [6.07, 6.45) is 14.5. The van der Waals surface area contributed by atoms with E-state index in [1.54, 1.807) is 6.07 Å². The smallest absolute Gasteiger partial charge is 0.269 e. The first-order valence-electron chi connectivity index (χ1n) is 10.0. The topological polar surface area (TPSA) is 107 Å². The highest BCUT2D eigenvalue weighted by Crippen LogP contribution is 2.27. The number of aromatic nitrogens is 2. The lowest BCUT2D eigenvalue weighted by molar-refractivity contribution is 0.0996. The summed E-state index contributed by atoms with van der Waals surface area (Å²) in [6, 6.07) is 5.52. The number of amides is 1. The first-order chi connectivity index (χ1) is 13.5. The molecule has 2 aromatic rings. The molecule has 0 bridgehead atoms. The molecule has 0 radical (unpaired) electrons. The zero-order valence-corrected chi connectivity index (χ0v) is 16.5. The van der Waals surface area contributed by atoms with Gasteiger partial charge in [0.1, 0.15) is 5.82 Å². The SMILES string of the molecule is C1CCCCC1.CC1=CCCc2nc(Nc3cc(N)cnc3C(N)=O)ccc21. The molecule has 0 atom stereocenters. The van der Waals surface area contributed by atoms with Gasteiger partial charge in [-0.2, -0.15) is 0 Å². The number of aryl methyl sites for hydroxylation is 1. The van der Waals surface area contributed by atoms with E-state index in [-0.39, 0.29) is 5.69 Å². The number of anilines is 3. The van der Waals surface area contributed by atoms with Crippen molar-refractivity contribution in [2.75, 3.05) is 11.1 Å². The average Bonchev–Trinajstić information content (AvgIpc) is 2.70. The van der Waals surface area contributed by atoms with Crippen molar-refractivity contribution in [2.45, 2.75) is 58.3 Å². The lowest BCUT2D eigenvalue weighted by Gasteiger charge is -2.16. The number of hydrogen-bond donors (Lipinski definition) is 3. The van der Waals surface area contributed by atoms with Crippen LogP contribution in [0.1, 0.15) is 73.6 Å². The van der Waals surface area contributed by atoms with Gasteiger partial charge in [-0.3, -0.25) is 4.79 Å². The normalized spacial score (nSPS) is 15.5. The van der Waals surface area contributed by atoms with Gasteiger partial charge in [0.2, 0.25) is 0 Å². The molecule has 0 saturated heterocycles. The number of pyridine rings is 2. The summed E-state index contributed by atoms with van der Waals surface area (Å²) >= 11 is 0. The monoisotopic (exact) mass is 379 g/mol. The Labute approximate surface area is 166 Å². The number of nitrogens with two attached hydrogens (primary N) is 2. The summed E-state index contributed by atoms with van der Waals surface area (Å²) in [7, 11) is 0. The van der Waals surface area contributed by atoms with Crippen molar-refractivity contribution >= 4 is 28.7 Å². The van der Waals surface area contributed by atoms with Gasteiger partial charge in [0.05, 0.1) is 23.3 Å². The number of nitrogens with one attached hydrogen (secondary N) is 1. The maximum atomic E-state index is 11.4. The molecule has 148 valence electrons. The summed E-state index contributed by atoms with van der Waals surface area (Å²) in [5.74, 6) is 0.0302. The van der Waals surface area contributed by atoms with E-state index >= 15 is 0 Å². The minimum absolute atomic E-state index is 0.143. The van der Waals surface area contributed by atoms with Crippen LogP contribution in [0.15, 0.2) is 30.5 Å². The molecule has 2 aliphatic carbocycles. The molecule has 2 aromatic heterocycles. The number of nitrogens with zero attached hydrogens (tertiary/aromatic N) is 2. The Bertz CT molecular complexity index is 860. The van der Waals surface area contributed by atoms with E-state index in [0.29, 0.717) is 17.2 Å². The summed E-state index contributed by atoms with van der Waals surface area (Å²) in [6.45, 7) is 2.08. The highest BCUT2D eigenvalue weighted by atomic mass is 16.1. The zero-order valence-electron chi connectivity index (χ0n) is 16.5. The Balaban J connectivity index is 0.000000320. The Morgan fingerprint density at radius 1 is 1.11 bits per heavy atom. The molecule has 4 rings (SSSR count). The Kier molecular flexibility index (Phi) is 6.63. The standard InChI is InChI=1S/C16H17N5O.C6H12/c1-9-3-2-4-12-11(9)5-6-14(20-12)21-13-7-10(17)8-19-15(13)16(18)22;1-2-4-6-5-3-1/h3,5-8H,2,4,17H2,1H3,(H2,18,22)(H,20,21);1-6H2. The fourth-order valence-electron chi connectivity index (χ4n) is 3.63. The third-order valence-corrected chi connectivity index (χ3v) is 5.14. The van der Waals surface area contributed by atoms with Gasteiger partial charge in [-0.25, -0.2) is 9.97 Å². The number of carbonyl (C=O) groups is 1. The Morgan fingerprint density at radius 2 is 1.79 bits per heavy atom. The van der Waals surface area contributed by atoms with Crippen LogP contribution in [0, 0.1) is 0 Å². The van der Waals surface area contributed by atoms with E-state index in [2.05, 4.69) is 28.3 Å². The van der Waals surface area contributed by atoms with Crippen molar-refractivity contribution in [3.8, 4) is 0 Å². The minimum atomic E-state index is -0.612. The first kappa shape index (κ1) is 19.9. The summed E-state index contributed by atoms with van der Waals surface area (Å²) in [5.41, 5.74) is 15.6. The van der Waals surface area contributed by atoms with Crippen LogP contribution in [0.2, 0.25) is 0 Å². The molecule has 0 unspecified atom stereocenters. The van der Waals surface area contributed by atoms with Crippen molar-refractivity contribution in [1.29, 1.82) is 0 Å². The molecule has 1 fully saturated rings. The van der Waals surface area contributed by atoms with E-state index < -0.39 is 5.91 Å². The summed E-state index contributed by atoms with van der Waals surface area (Å²) in [4.78, 5) is 20.0. The molecule has 1 amide bonds. The number of allylic oxidation sites excluding steroid dienone is 2. The third-order valence-electron chi connectivity index (χ3n) is 5.14. The summed E-state index contributed by atoms with van der Waals surface area (Å²) in [5, 5.41) is 3.09. The molecule has 0 aliphatic heterocycles. The third kappa shape index (κ3) is 5.09. The predicted molar refractivity (Wildman–Crippen MR) is 114 cm³/mol. The van der Waals surface area contributed by atoms with Crippen molar-refractivity contribution in [3.05, 3.63) is 47.4 Å². The van der Waals surface area contributed by atoms with Gasteiger partial charge in [0.15, 0.2) is 5.69 Å². The molecule has 0 spiro atoms. The summed E-state index contributed by atoms with van der Waals surface area (Å²) < 4.78 is 0. The van der Waals surface area contributed by atoms with Crippen LogP contribution in [0.25, 0.3) is 5.57 Å². The second-order valence-electron chi connectivity index (χ2n) is 7.39. The molecule has 2 aliphatic rings. The molecule has 2 heterocycles. The minimum Gasteiger partial charge on any atom is -0.397 e. The highest BCUT2D eigenvalue weighted by molar-refractivity contribution is 5.97. The van der Waals surface area contributed by atoms with Gasteiger partial charge >= 0.3 is 0 Å². The highest BCUT2D eigenvalue weighted by Gasteiger charge is 2.14. The molecule has 5 N–H and O–H groups in total. The van der Waals surface area contributed by atoms with Crippen molar-refractivity contribution in [3.63, 3.8) is 0 Å². The molecular formula is C22H29N5O. The van der Waals surface area contributed by atoms with Gasteiger partial charge < -0.3 is 16.8 Å². The predicted octanol–water partition coefficient (Wildman–Crippen LogP) is 4.59. The van der Waals surface area contributed by atoms with Crippen molar-refractivity contribution < 1.29 is 4.79 Å². The number of nitrogen functional groups attached to an aromatic ring is 1. The molecule has 28 heavy (non-hydrogen) atoms. The van der Waals surface area contributed by atoms with E-state index in [1.807, 2.05) is 12.1 Å². The van der Waals surface area contributed by atoms with Crippen LogP contribution in [-0.2, 0) is 6.42 Å². The van der Waals surface area contributed by atoms with Gasteiger partial charge in [0, 0.05) is 0 Å². The second kappa shape index (κ2) is 9.35. The van der Waals surface area contributed by atoms with E-state index in [4.69, 9.17) is 11.5 Å². The van der Waals surface area contributed by atoms with Crippen LogP contribution in [0.5, 0.6) is 0 Å². The molecule has 6 heteroatoms. The number of fused-ring (bicyclic) bond motifs is 1. The molecular weight excluding hydrogens is 350 g/mol. The van der Waals surface area contributed by atoms with E-state index in [9.17, 15) is 4.79 Å². The van der Waals surface area contributed by atoms with Crippen molar-refractivity contribution in [1.82, 2.24) is 9.97 Å². The molecule has 6 nitrogen and oxygen atoms in total. The lowest BCUT2D eigenvalue weighted by atomic mass is 9.96. The number of hydrogen-bond acceptors (Lipinski definition) is 5. The Morgan fingerprint density at radius 3 is 2.43 bits per heavy atom. The molecule has 0 aromatic carbocycles. The van der Waals surface area contributed by atoms with Gasteiger partial charge in [-0.15, -0.1) is 0 Å². The lowest BCUT2D eigenvalue weighted by Crippen LogP contribution is -2.16. The van der Waals surface area contributed by atoms with Crippen LogP contribution >= 0.6 is 0 Å². The largest absolute Gasteiger partial charge is 0.397 e. The fourth-order valence-corrected chi connectivity index (χ4v) is 3.63. The number of primary amides is 1. The Hall–Kier alpha value is -2.89. The quantitative estimate of drug-likeness (QED) is 0.723. The second-order valence-corrected chi connectivity index (χ2v) is 7.39. The van der Waals surface area contributed by atoms with Crippen LogP contribution in [0.3, 0.4) is 0 Å². The fraction of sp³-hybridized carbons (Fsp3) is 0.409. The van der Waals surface area contributed by atoms with Crippen molar-refractivity contribution in [2.24, 2.45) is 5.73 Å². The zero-order chi connectivity index (χ0) is 19.9. The van der Waals surface area contributed by atoms with Crippen LogP contribution in [0.4, 0.5) is 17.2 Å². The van der Waals surface area contributed by atoms with Gasteiger partial charge in [-0.05, 0) is 49.1 Å². The molecule has 1 saturated carbocycles. The van der Waals surface area contributed by atoms with E-state index in [1.165, 1.54) is 50.3 Å². The van der Waals surface area contributed by atoms with Crippen LogP contribution in [-0.4, -0.2) is 15.9 Å². The maximum absolute atomic E-state index is 11.4. The average molecular weight is 380 g/mol. The van der Waals surface area contributed by atoms with E-state index in [0.717, 1.165) is 24.1 Å². The van der Waals surface area contributed by atoms with Gasteiger partial charge in [0.25, 0.3) is 5.91 Å². The maximum Gasteiger partial charge on any atom is 0.269 e. The van der Waals surface area contributed by atoms with Crippen LogP contribution < -0.4 is 16.8 Å². The number of rotatable bonds is 3.